The first-order valence-electron chi connectivity index (χ1n) is 6.01. The van der Waals surface area contributed by atoms with Gasteiger partial charge in [0.1, 0.15) is 11.6 Å². The van der Waals surface area contributed by atoms with Gasteiger partial charge in [0.05, 0.1) is 0 Å². The molecule has 0 spiro atoms. The van der Waals surface area contributed by atoms with Gasteiger partial charge in [-0.1, -0.05) is 13.3 Å². The second-order valence-electron chi connectivity index (χ2n) is 4.22. The summed E-state index contributed by atoms with van der Waals surface area (Å²) in [5, 5.41) is 2.66. The van der Waals surface area contributed by atoms with E-state index in [1.165, 1.54) is 0 Å². The zero-order valence-corrected chi connectivity index (χ0v) is 10.4. The monoisotopic (exact) mass is 256 g/mol. The van der Waals surface area contributed by atoms with Gasteiger partial charge in [0.2, 0.25) is 0 Å². The first kappa shape index (κ1) is 14.6. The van der Waals surface area contributed by atoms with Crippen molar-refractivity contribution in [2.24, 2.45) is 11.7 Å². The van der Waals surface area contributed by atoms with E-state index in [1.54, 1.807) is 0 Å². The standard InChI is InChI=1S/C13H18F2N2O/c1-2-9(3-4-16)8-17-13(18)10-5-11(14)7-12(15)6-10/h5-7,9H,2-4,8,16H2,1H3,(H,17,18). The van der Waals surface area contributed by atoms with Gasteiger partial charge in [-0.25, -0.2) is 8.78 Å². The van der Waals surface area contributed by atoms with Crippen molar-refractivity contribution in [3.05, 3.63) is 35.4 Å². The topological polar surface area (TPSA) is 55.1 Å². The maximum absolute atomic E-state index is 12.9. The van der Waals surface area contributed by atoms with Crippen molar-refractivity contribution < 1.29 is 13.6 Å². The lowest BCUT2D eigenvalue weighted by Crippen LogP contribution is -2.30. The molecule has 1 unspecified atom stereocenters. The minimum absolute atomic E-state index is 0.00454. The number of nitrogens with one attached hydrogen (secondary N) is 1. The number of carbonyl (C=O) groups excluding carboxylic acids is 1. The number of carbonyl (C=O) groups is 1. The van der Waals surface area contributed by atoms with E-state index in [4.69, 9.17) is 5.73 Å². The van der Waals surface area contributed by atoms with Gasteiger partial charge >= 0.3 is 0 Å². The fourth-order valence-electron chi connectivity index (χ4n) is 1.71. The molecule has 0 heterocycles. The summed E-state index contributed by atoms with van der Waals surface area (Å²) < 4.78 is 25.9. The fourth-order valence-corrected chi connectivity index (χ4v) is 1.71. The summed E-state index contributed by atoms with van der Waals surface area (Å²) in [6.07, 6.45) is 1.71. The number of hydrogen-bond acceptors (Lipinski definition) is 2. The Morgan fingerprint density at radius 2 is 1.94 bits per heavy atom. The number of benzene rings is 1. The molecule has 1 amide bonds. The van der Waals surface area contributed by atoms with Gasteiger partial charge in [-0.3, -0.25) is 4.79 Å². The lowest BCUT2D eigenvalue weighted by atomic mass is 10.0. The van der Waals surface area contributed by atoms with Gasteiger partial charge in [-0.15, -0.1) is 0 Å². The molecule has 0 aromatic heterocycles. The van der Waals surface area contributed by atoms with Crippen LogP contribution in [0.15, 0.2) is 18.2 Å². The predicted molar refractivity (Wildman–Crippen MR) is 66.1 cm³/mol. The van der Waals surface area contributed by atoms with E-state index >= 15 is 0 Å². The van der Waals surface area contributed by atoms with Crippen LogP contribution in [0.5, 0.6) is 0 Å². The van der Waals surface area contributed by atoms with Gasteiger partial charge in [0.25, 0.3) is 5.91 Å². The van der Waals surface area contributed by atoms with E-state index in [-0.39, 0.29) is 11.5 Å². The van der Waals surface area contributed by atoms with E-state index in [0.717, 1.165) is 31.0 Å². The van der Waals surface area contributed by atoms with Crippen molar-refractivity contribution in [1.82, 2.24) is 5.32 Å². The Morgan fingerprint density at radius 1 is 1.33 bits per heavy atom. The summed E-state index contributed by atoms with van der Waals surface area (Å²) in [7, 11) is 0. The third kappa shape index (κ3) is 4.41. The molecule has 1 atom stereocenters. The molecule has 0 aliphatic carbocycles. The Hall–Kier alpha value is -1.49. The van der Waals surface area contributed by atoms with Crippen LogP contribution in [0.3, 0.4) is 0 Å². The molecule has 0 aliphatic rings. The normalized spacial score (nSPS) is 12.2. The number of halogens is 2. The molecule has 0 saturated heterocycles. The van der Waals surface area contributed by atoms with Crippen molar-refractivity contribution in [1.29, 1.82) is 0 Å². The summed E-state index contributed by atoms with van der Waals surface area (Å²) >= 11 is 0. The Labute approximate surface area is 105 Å². The van der Waals surface area contributed by atoms with E-state index < -0.39 is 17.5 Å². The van der Waals surface area contributed by atoms with Crippen LogP contribution < -0.4 is 11.1 Å². The van der Waals surface area contributed by atoms with E-state index in [0.29, 0.717) is 13.1 Å². The summed E-state index contributed by atoms with van der Waals surface area (Å²) in [5.41, 5.74) is 5.45. The van der Waals surface area contributed by atoms with Gasteiger partial charge in [-0.2, -0.15) is 0 Å². The molecule has 0 bridgehead atoms. The number of rotatable bonds is 6. The summed E-state index contributed by atoms with van der Waals surface area (Å²) in [6.45, 7) is 3.03. The second-order valence-corrected chi connectivity index (χ2v) is 4.22. The van der Waals surface area contributed by atoms with Gasteiger partial charge < -0.3 is 11.1 Å². The van der Waals surface area contributed by atoms with Crippen molar-refractivity contribution in [3.8, 4) is 0 Å². The molecule has 0 fully saturated rings. The molecule has 1 aromatic carbocycles. The van der Waals surface area contributed by atoms with Crippen molar-refractivity contribution in [2.75, 3.05) is 13.1 Å². The van der Waals surface area contributed by atoms with Crippen LogP contribution in [0.2, 0.25) is 0 Å². The summed E-state index contributed by atoms with van der Waals surface area (Å²) in [4.78, 5) is 11.7. The van der Waals surface area contributed by atoms with Crippen LogP contribution >= 0.6 is 0 Å². The minimum Gasteiger partial charge on any atom is -0.352 e. The van der Waals surface area contributed by atoms with Crippen LogP contribution in [0.25, 0.3) is 0 Å². The first-order valence-corrected chi connectivity index (χ1v) is 6.01. The molecular formula is C13H18F2N2O. The van der Waals surface area contributed by atoms with Crippen LogP contribution in [0.1, 0.15) is 30.1 Å². The molecule has 5 heteroatoms. The SMILES string of the molecule is CCC(CCN)CNC(=O)c1cc(F)cc(F)c1. The molecule has 100 valence electrons. The maximum atomic E-state index is 12.9. The zero-order valence-electron chi connectivity index (χ0n) is 10.4. The second kappa shape index (κ2) is 7.06. The Balaban J connectivity index is 2.59. The highest BCUT2D eigenvalue weighted by molar-refractivity contribution is 5.94. The van der Waals surface area contributed by atoms with Gasteiger partial charge in [0, 0.05) is 18.2 Å². The zero-order chi connectivity index (χ0) is 13.5. The van der Waals surface area contributed by atoms with Crippen molar-refractivity contribution in [2.45, 2.75) is 19.8 Å². The van der Waals surface area contributed by atoms with Gasteiger partial charge in [0.15, 0.2) is 0 Å². The highest BCUT2D eigenvalue weighted by atomic mass is 19.1. The highest BCUT2D eigenvalue weighted by Crippen LogP contribution is 2.09. The van der Waals surface area contributed by atoms with Crippen LogP contribution in [0, 0.1) is 17.6 Å². The number of nitrogens with two attached hydrogens (primary N) is 1. The Morgan fingerprint density at radius 3 is 2.44 bits per heavy atom. The van der Waals surface area contributed by atoms with Crippen LogP contribution in [-0.4, -0.2) is 19.0 Å². The predicted octanol–water partition coefficient (Wildman–Crippen LogP) is 2.07. The lowest BCUT2D eigenvalue weighted by Gasteiger charge is -2.14. The van der Waals surface area contributed by atoms with Crippen LogP contribution in [-0.2, 0) is 0 Å². The first-order chi connectivity index (χ1) is 8.56. The van der Waals surface area contributed by atoms with Gasteiger partial charge in [-0.05, 0) is 31.0 Å². The molecule has 0 radical (unpaired) electrons. The van der Waals surface area contributed by atoms with E-state index in [9.17, 15) is 13.6 Å². The quantitative estimate of drug-likeness (QED) is 0.818. The minimum atomic E-state index is -0.755. The average molecular weight is 256 g/mol. The number of amides is 1. The van der Waals surface area contributed by atoms with E-state index in [2.05, 4.69) is 5.32 Å². The van der Waals surface area contributed by atoms with Crippen molar-refractivity contribution in [3.63, 3.8) is 0 Å². The summed E-state index contributed by atoms with van der Waals surface area (Å²) in [6, 6.07) is 2.77. The average Bonchev–Trinajstić information content (AvgIpc) is 2.32. The molecule has 1 rings (SSSR count). The molecule has 0 saturated carbocycles. The molecular weight excluding hydrogens is 238 g/mol. The highest BCUT2D eigenvalue weighted by Gasteiger charge is 2.11. The molecule has 0 aliphatic heterocycles. The smallest absolute Gasteiger partial charge is 0.251 e. The van der Waals surface area contributed by atoms with Crippen molar-refractivity contribution >= 4 is 5.91 Å². The summed E-state index contributed by atoms with van der Waals surface area (Å²) in [5.74, 6) is -1.69. The third-order valence-corrected chi connectivity index (χ3v) is 2.83. The molecule has 3 nitrogen and oxygen atoms in total. The Kier molecular flexibility index (Phi) is 5.71. The fraction of sp³-hybridized carbons (Fsp3) is 0.462. The molecule has 3 N–H and O–H groups in total. The maximum Gasteiger partial charge on any atom is 0.251 e. The largest absolute Gasteiger partial charge is 0.352 e. The van der Waals surface area contributed by atoms with Crippen LogP contribution in [0.4, 0.5) is 8.78 Å². The molecule has 18 heavy (non-hydrogen) atoms. The third-order valence-electron chi connectivity index (χ3n) is 2.83. The van der Waals surface area contributed by atoms with E-state index in [1.807, 2.05) is 6.92 Å². The lowest BCUT2D eigenvalue weighted by molar-refractivity contribution is 0.0945. The molecule has 1 aromatic rings. The number of hydrogen-bond donors (Lipinski definition) is 2. The Bertz CT molecular complexity index is 390.